The van der Waals surface area contributed by atoms with Gasteiger partial charge in [-0.2, -0.15) is 0 Å². The average Bonchev–Trinajstić information content (AvgIpc) is 2.73. The lowest BCUT2D eigenvalue weighted by atomic mass is 10.1. The number of aliphatic hydroxyl groups is 1. The van der Waals surface area contributed by atoms with Crippen molar-refractivity contribution in [3.8, 4) is 0 Å². The van der Waals surface area contributed by atoms with Crippen LogP contribution in [0.5, 0.6) is 0 Å². The van der Waals surface area contributed by atoms with E-state index in [1.807, 2.05) is 24.3 Å². The van der Waals surface area contributed by atoms with E-state index in [1.54, 1.807) is 13.1 Å². The normalized spacial score (nSPS) is 12.4. The third kappa shape index (κ3) is 3.43. The van der Waals surface area contributed by atoms with E-state index < -0.39 is 6.10 Å². The summed E-state index contributed by atoms with van der Waals surface area (Å²) in [6.07, 6.45) is 1.34. The number of aromatic nitrogens is 1. The number of benzene rings is 1. The van der Waals surface area contributed by atoms with Gasteiger partial charge in [-0.15, -0.1) is 11.3 Å². The lowest BCUT2D eigenvalue weighted by Gasteiger charge is -2.07. The minimum Gasteiger partial charge on any atom is -0.389 e. The molecule has 3 nitrogen and oxygen atoms in total. The molecule has 17 heavy (non-hydrogen) atoms. The molecule has 1 atom stereocenters. The third-order valence-electron chi connectivity index (χ3n) is 2.39. The van der Waals surface area contributed by atoms with Crippen LogP contribution in [-0.4, -0.2) is 10.1 Å². The van der Waals surface area contributed by atoms with Crippen molar-refractivity contribution in [2.45, 2.75) is 19.6 Å². The number of hydrogen-bond acceptors (Lipinski definition) is 4. The minimum atomic E-state index is -0.427. The van der Waals surface area contributed by atoms with Gasteiger partial charge in [0.2, 0.25) is 0 Å². The molecule has 0 saturated carbocycles. The van der Waals surface area contributed by atoms with Crippen LogP contribution in [0.15, 0.2) is 30.5 Å². The molecular weight excluding hydrogens is 256 g/mol. The van der Waals surface area contributed by atoms with Gasteiger partial charge in [-0.3, -0.25) is 0 Å². The Labute approximate surface area is 109 Å². The van der Waals surface area contributed by atoms with Crippen molar-refractivity contribution in [2.75, 3.05) is 5.32 Å². The van der Waals surface area contributed by atoms with Gasteiger partial charge >= 0.3 is 0 Å². The monoisotopic (exact) mass is 268 g/mol. The zero-order valence-electron chi connectivity index (χ0n) is 9.35. The van der Waals surface area contributed by atoms with Gasteiger partial charge in [0.1, 0.15) is 0 Å². The Hall–Kier alpha value is -1.10. The maximum Gasteiger partial charge on any atom is 0.183 e. The first kappa shape index (κ1) is 12.4. The molecule has 1 aromatic carbocycles. The van der Waals surface area contributed by atoms with Gasteiger partial charge in [-0.05, 0) is 24.6 Å². The highest BCUT2D eigenvalue weighted by Gasteiger charge is 2.01. The van der Waals surface area contributed by atoms with Crippen LogP contribution in [-0.2, 0) is 6.54 Å². The fraction of sp³-hybridized carbons (Fsp3) is 0.250. The second-order valence-corrected chi connectivity index (χ2v) is 5.43. The van der Waals surface area contributed by atoms with E-state index in [4.69, 9.17) is 11.6 Å². The molecule has 0 aliphatic rings. The fourth-order valence-corrected chi connectivity index (χ4v) is 2.35. The maximum atomic E-state index is 9.38. The van der Waals surface area contributed by atoms with E-state index in [9.17, 15) is 5.11 Å². The summed E-state index contributed by atoms with van der Waals surface area (Å²) >= 11 is 7.22. The molecule has 1 heterocycles. The van der Waals surface area contributed by atoms with Gasteiger partial charge in [0, 0.05) is 16.8 Å². The third-order valence-corrected chi connectivity index (χ3v) is 3.50. The van der Waals surface area contributed by atoms with Crippen LogP contribution >= 0.6 is 22.9 Å². The quantitative estimate of drug-likeness (QED) is 0.893. The van der Waals surface area contributed by atoms with Crippen molar-refractivity contribution in [2.24, 2.45) is 0 Å². The SMILES string of the molecule is CC(O)c1ccc(NCc2cnc(Cl)s2)cc1. The summed E-state index contributed by atoms with van der Waals surface area (Å²) in [7, 11) is 0. The summed E-state index contributed by atoms with van der Waals surface area (Å²) in [4.78, 5) is 5.07. The van der Waals surface area contributed by atoms with Gasteiger partial charge in [0.05, 0.1) is 12.6 Å². The van der Waals surface area contributed by atoms with Gasteiger partial charge in [-0.1, -0.05) is 23.7 Å². The zero-order valence-corrected chi connectivity index (χ0v) is 10.9. The number of thiazole rings is 1. The number of nitrogens with zero attached hydrogens (tertiary/aromatic N) is 1. The van der Waals surface area contributed by atoms with Crippen LogP contribution in [0.4, 0.5) is 5.69 Å². The van der Waals surface area contributed by atoms with Crippen LogP contribution in [0.1, 0.15) is 23.5 Å². The topological polar surface area (TPSA) is 45.1 Å². The summed E-state index contributed by atoms with van der Waals surface area (Å²) in [6, 6.07) is 7.72. The van der Waals surface area contributed by atoms with Gasteiger partial charge in [0.15, 0.2) is 4.47 Å². The highest BCUT2D eigenvalue weighted by molar-refractivity contribution is 7.15. The number of hydrogen-bond donors (Lipinski definition) is 2. The van der Waals surface area contributed by atoms with Crippen LogP contribution in [0.2, 0.25) is 4.47 Å². The average molecular weight is 269 g/mol. The Balaban J connectivity index is 1.95. The number of rotatable bonds is 4. The number of nitrogens with one attached hydrogen (secondary N) is 1. The Morgan fingerprint density at radius 1 is 1.41 bits per heavy atom. The van der Waals surface area contributed by atoms with Crippen LogP contribution in [0.3, 0.4) is 0 Å². The van der Waals surface area contributed by atoms with E-state index in [0.717, 1.165) is 16.1 Å². The molecule has 0 aliphatic carbocycles. The van der Waals surface area contributed by atoms with Crippen molar-refractivity contribution in [1.82, 2.24) is 4.98 Å². The highest BCUT2D eigenvalue weighted by atomic mass is 35.5. The molecule has 0 amide bonds. The van der Waals surface area contributed by atoms with Crippen LogP contribution in [0.25, 0.3) is 0 Å². The molecular formula is C12H13ClN2OS. The van der Waals surface area contributed by atoms with E-state index in [-0.39, 0.29) is 0 Å². The smallest absolute Gasteiger partial charge is 0.183 e. The largest absolute Gasteiger partial charge is 0.389 e. The standard InChI is InChI=1S/C12H13ClN2OS/c1-8(16)9-2-4-10(5-3-9)14-6-11-7-15-12(13)17-11/h2-5,7-8,14,16H,6H2,1H3. The maximum absolute atomic E-state index is 9.38. The number of anilines is 1. The van der Waals surface area contributed by atoms with Crippen molar-refractivity contribution >= 4 is 28.6 Å². The molecule has 0 spiro atoms. The molecule has 0 bridgehead atoms. The van der Waals surface area contributed by atoms with Gasteiger partial charge < -0.3 is 10.4 Å². The lowest BCUT2D eigenvalue weighted by molar-refractivity contribution is 0.199. The first-order valence-electron chi connectivity index (χ1n) is 5.27. The number of halogens is 1. The van der Waals surface area contributed by atoms with E-state index in [0.29, 0.717) is 11.0 Å². The summed E-state index contributed by atoms with van der Waals surface area (Å²) in [5, 5.41) is 12.7. The summed E-state index contributed by atoms with van der Waals surface area (Å²) in [5.41, 5.74) is 1.93. The second kappa shape index (κ2) is 5.49. The molecule has 0 fully saturated rings. The van der Waals surface area contributed by atoms with E-state index in [2.05, 4.69) is 10.3 Å². The van der Waals surface area contributed by atoms with Crippen molar-refractivity contribution in [1.29, 1.82) is 0 Å². The van der Waals surface area contributed by atoms with Crippen molar-refractivity contribution < 1.29 is 5.11 Å². The van der Waals surface area contributed by atoms with Crippen LogP contribution in [0, 0.1) is 0 Å². The molecule has 0 saturated heterocycles. The second-order valence-electron chi connectivity index (χ2n) is 3.73. The van der Waals surface area contributed by atoms with Crippen molar-refractivity contribution in [3.63, 3.8) is 0 Å². The number of aliphatic hydroxyl groups excluding tert-OH is 1. The highest BCUT2D eigenvalue weighted by Crippen LogP contribution is 2.20. The predicted molar refractivity (Wildman–Crippen MR) is 71.5 cm³/mol. The summed E-state index contributed by atoms with van der Waals surface area (Å²) < 4.78 is 0.561. The lowest BCUT2D eigenvalue weighted by Crippen LogP contribution is -1.98. The molecule has 5 heteroatoms. The molecule has 0 radical (unpaired) electrons. The zero-order chi connectivity index (χ0) is 12.3. The molecule has 2 N–H and O–H groups in total. The Kier molecular flexibility index (Phi) is 3.99. The van der Waals surface area contributed by atoms with E-state index >= 15 is 0 Å². The predicted octanol–water partition coefficient (Wildman–Crippen LogP) is 3.46. The van der Waals surface area contributed by atoms with Gasteiger partial charge in [-0.25, -0.2) is 4.98 Å². The fourth-order valence-electron chi connectivity index (χ4n) is 1.43. The van der Waals surface area contributed by atoms with Crippen LogP contribution < -0.4 is 5.32 Å². The van der Waals surface area contributed by atoms with Gasteiger partial charge in [0.25, 0.3) is 0 Å². The van der Waals surface area contributed by atoms with E-state index in [1.165, 1.54) is 11.3 Å². The Bertz CT molecular complexity index is 482. The molecule has 1 unspecified atom stereocenters. The Morgan fingerprint density at radius 2 is 2.12 bits per heavy atom. The molecule has 1 aromatic heterocycles. The van der Waals surface area contributed by atoms with Crippen molar-refractivity contribution in [3.05, 3.63) is 45.4 Å². The molecule has 0 aliphatic heterocycles. The summed E-state index contributed by atoms with van der Waals surface area (Å²) in [6.45, 7) is 2.46. The molecule has 2 aromatic rings. The molecule has 90 valence electrons. The summed E-state index contributed by atoms with van der Waals surface area (Å²) in [5.74, 6) is 0. The Morgan fingerprint density at radius 3 is 2.65 bits per heavy atom. The minimum absolute atomic E-state index is 0.427. The first-order valence-corrected chi connectivity index (χ1v) is 6.46. The molecule has 2 rings (SSSR count). The first-order chi connectivity index (χ1) is 8.15.